The number of halogens is 1. The van der Waals surface area contributed by atoms with Gasteiger partial charge < -0.3 is 11.1 Å². The molecule has 0 aromatic heterocycles. The number of amides is 2. The maximum absolute atomic E-state index is 13.3. The van der Waals surface area contributed by atoms with E-state index in [-0.39, 0.29) is 11.8 Å². The normalized spacial score (nSPS) is 13.2. The van der Waals surface area contributed by atoms with Gasteiger partial charge in [-0.1, -0.05) is 6.07 Å². The Labute approximate surface area is 116 Å². The lowest BCUT2D eigenvalue weighted by Gasteiger charge is -2.18. The van der Waals surface area contributed by atoms with E-state index in [9.17, 15) is 9.18 Å². The molecule has 2 aromatic carbocycles. The molecule has 20 heavy (non-hydrogen) atoms. The molecule has 4 nitrogen and oxygen atoms in total. The second kappa shape index (κ2) is 4.85. The fourth-order valence-electron chi connectivity index (χ4n) is 2.32. The summed E-state index contributed by atoms with van der Waals surface area (Å²) in [5.74, 6) is -0.337. The van der Waals surface area contributed by atoms with Gasteiger partial charge in [-0.05, 0) is 48.4 Å². The third-order valence-electron chi connectivity index (χ3n) is 3.35. The lowest BCUT2D eigenvalue weighted by Crippen LogP contribution is -2.33. The molecule has 0 aliphatic carbocycles. The van der Waals surface area contributed by atoms with Gasteiger partial charge in [0.05, 0.1) is 5.69 Å². The first-order chi connectivity index (χ1) is 9.63. The SMILES string of the molecule is Nc1ccc(NC(=O)N2CCc3ccc(F)cc32)cc1. The zero-order chi connectivity index (χ0) is 14.1. The van der Waals surface area contributed by atoms with E-state index < -0.39 is 0 Å². The molecule has 0 atom stereocenters. The second-order valence-corrected chi connectivity index (χ2v) is 4.73. The van der Waals surface area contributed by atoms with Gasteiger partial charge in [-0.25, -0.2) is 9.18 Å². The van der Waals surface area contributed by atoms with Crippen LogP contribution in [0.15, 0.2) is 42.5 Å². The molecule has 1 aliphatic rings. The fraction of sp³-hybridized carbons (Fsp3) is 0.133. The Morgan fingerprint density at radius 3 is 2.70 bits per heavy atom. The van der Waals surface area contributed by atoms with Crippen LogP contribution >= 0.6 is 0 Å². The summed E-state index contributed by atoms with van der Waals surface area (Å²) in [6.07, 6.45) is 0.741. The maximum atomic E-state index is 13.3. The number of urea groups is 1. The van der Waals surface area contributed by atoms with E-state index in [1.807, 2.05) is 0 Å². The van der Waals surface area contributed by atoms with Gasteiger partial charge in [-0.15, -0.1) is 0 Å². The van der Waals surface area contributed by atoms with Crippen LogP contribution in [0.2, 0.25) is 0 Å². The highest BCUT2D eigenvalue weighted by molar-refractivity contribution is 6.03. The van der Waals surface area contributed by atoms with E-state index in [1.165, 1.54) is 12.1 Å². The van der Waals surface area contributed by atoms with Crippen molar-refractivity contribution in [1.82, 2.24) is 0 Å². The molecule has 2 amide bonds. The standard InChI is InChI=1S/C15H14FN3O/c16-11-2-1-10-7-8-19(14(10)9-11)15(20)18-13-5-3-12(17)4-6-13/h1-6,9H,7-8,17H2,(H,18,20). The molecule has 0 saturated carbocycles. The van der Waals surface area contributed by atoms with E-state index in [1.54, 1.807) is 35.2 Å². The first-order valence-corrected chi connectivity index (χ1v) is 6.36. The molecule has 5 heteroatoms. The van der Waals surface area contributed by atoms with Crippen LogP contribution in [0.1, 0.15) is 5.56 Å². The number of benzene rings is 2. The Bertz CT molecular complexity index is 655. The second-order valence-electron chi connectivity index (χ2n) is 4.73. The van der Waals surface area contributed by atoms with Crippen LogP contribution in [0.3, 0.4) is 0 Å². The zero-order valence-corrected chi connectivity index (χ0v) is 10.8. The van der Waals surface area contributed by atoms with Crippen molar-refractivity contribution in [3.63, 3.8) is 0 Å². The highest BCUT2D eigenvalue weighted by atomic mass is 19.1. The zero-order valence-electron chi connectivity index (χ0n) is 10.8. The summed E-state index contributed by atoms with van der Waals surface area (Å²) in [6, 6.07) is 11.2. The summed E-state index contributed by atoms with van der Waals surface area (Å²) in [5, 5.41) is 2.78. The van der Waals surface area contributed by atoms with Crippen molar-refractivity contribution in [2.24, 2.45) is 0 Å². The summed E-state index contributed by atoms with van der Waals surface area (Å²) in [6.45, 7) is 0.555. The molecule has 0 fully saturated rings. The molecule has 0 saturated heterocycles. The predicted octanol–water partition coefficient (Wildman–Crippen LogP) is 3.00. The summed E-state index contributed by atoms with van der Waals surface area (Å²) in [4.78, 5) is 13.8. The van der Waals surface area contributed by atoms with Crippen LogP contribution in [0.5, 0.6) is 0 Å². The van der Waals surface area contributed by atoms with Gasteiger partial charge in [-0.3, -0.25) is 4.90 Å². The predicted molar refractivity (Wildman–Crippen MR) is 77.3 cm³/mol. The minimum Gasteiger partial charge on any atom is -0.399 e. The number of carbonyl (C=O) groups excluding carboxylic acids is 1. The van der Waals surface area contributed by atoms with Crippen LogP contribution in [-0.4, -0.2) is 12.6 Å². The number of hydrogen-bond donors (Lipinski definition) is 2. The molecule has 0 unspecified atom stereocenters. The minimum atomic E-state index is -0.337. The molecule has 0 radical (unpaired) electrons. The van der Waals surface area contributed by atoms with E-state index in [4.69, 9.17) is 5.73 Å². The summed E-state index contributed by atoms with van der Waals surface area (Å²) in [5.41, 5.74) is 8.51. The lowest BCUT2D eigenvalue weighted by atomic mass is 10.2. The highest BCUT2D eigenvalue weighted by Gasteiger charge is 2.25. The number of nitrogen functional groups attached to an aromatic ring is 1. The quantitative estimate of drug-likeness (QED) is 0.783. The summed E-state index contributed by atoms with van der Waals surface area (Å²) >= 11 is 0. The van der Waals surface area contributed by atoms with Crippen molar-refractivity contribution >= 4 is 23.1 Å². The number of hydrogen-bond acceptors (Lipinski definition) is 2. The van der Waals surface area contributed by atoms with Gasteiger partial charge in [0.25, 0.3) is 0 Å². The molecule has 1 heterocycles. The van der Waals surface area contributed by atoms with Crippen molar-refractivity contribution < 1.29 is 9.18 Å². The monoisotopic (exact) mass is 271 g/mol. The lowest BCUT2D eigenvalue weighted by molar-refractivity contribution is 0.257. The first kappa shape index (κ1) is 12.5. The van der Waals surface area contributed by atoms with Gasteiger partial charge in [0.15, 0.2) is 0 Å². The van der Waals surface area contributed by atoms with E-state index >= 15 is 0 Å². The molecular formula is C15H14FN3O. The van der Waals surface area contributed by atoms with Crippen molar-refractivity contribution in [1.29, 1.82) is 0 Å². The van der Waals surface area contributed by atoms with Gasteiger partial charge in [-0.2, -0.15) is 0 Å². The third-order valence-corrected chi connectivity index (χ3v) is 3.35. The Morgan fingerprint density at radius 1 is 1.20 bits per heavy atom. The van der Waals surface area contributed by atoms with Crippen LogP contribution in [0.25, 0.3) is 0 Å². The Kier molecular flexibility index (Phi) is 3.02. The van der Waals surface area contributed by atoms with Crippen LogP contribution in [0, 0.1) is 5.82 Å². The van der Waals surface area contributed by atoms with Gasteiger partial charge in [0, 0.05) is 17.9 Å². The average molecular weight is 271 g/mol. The first-order valence-electron chi connectivity index (χ1n) is 6.36. The van der Waals surface area contributed by atoms with Gasteiger partial charge in [0.2, 0.25) is 0 Å². The number of fused-ring (bicyclic) bond motifs is 1. The maximum Gasteiger partial charge on any atom is 0.326 e. The van der Waals surface area contributed by atoms with E-state index in [0.29, 0.717) is 23.6 Å². The fourth-order valence-corrected chi connectivity index (χ4v) is 2.32. The summed E-state index contributed by atoms with van der Waals surface area (Å²) in [7, 11) is 0. The smallest absolute Gasteiger partial charge is 0.326 e. The number of nitrogens with two attached hydrogens (primary N) is 1. The summed E-state index contributed by atoms with van der Waals surface area (Å²) < 4.78 is 13.3. The molecule has 3 N–H and O–H groups in total. The van der Waals surface area contributed by atoms with Crippen molar-refractivity contribution in [3.05, 3.63) is 53.8 Å². The molecule has 2 aromatic rings. The number of nitrogens with one attached hydrogen (secondary N) is 1. The Balaban J connectivity index is 1.80. The van der Waals surface area contributed by atoms with Crippen molar-refractivity contribution in [3.8, 4) is 0 Å². The Morgan fingerprint density at radius 2 is 1.95 bits per heavy atom. The molecule has 0 spiro atoms. The highest BCUT2D eigenvalue weighted by Crippen LogP contribution is 2.29. The Hall–Kier alpha value is -2.56. The molecular weight excluding hydrogens is 257 g/mol. The van der Waals surface area contributed by atoms with Crippen LogP contribution in [-0.2, 0) is 6.42 Å². The molecule has 102 valence electrons. The van der Waals surface area contributed by atoms with Crippen molar-refractivity contribution in [2.45, 2.75) is 6.42 Å². The largest absolute Gasteiger partial charge is 0.399 e. The van der Waals surface area contributed by atoms with Crippen LogP contribution in [0.4, 0.5) is 26.2 Å². The molecule has 0 bridgehead atoms. The molecule has 3 rings (SSSR count). The third kappa shape index (κ3) is 2.30. The van der Waals surface area contributed by atoms with E-state index in [2.05, 4.69) is 5.32 Å². The number of anilines is 3. The number of nitrogens with zero attached hydrogens (tertiary/aromatic N) is 1. The van der Waals surface area contributed by atoms with Crippen molar-refractivity contribution in [2.75, 3.05) is 22.5 Å². The number of rotatable bonds is 1. The average Bonchev–Trinajstić information content (AvgIpc) is 2.84. The molecule has 1 aliphatic heterocycles. The van der Waals surface area contributed by atoms with E-state index in [0.717, 1.165) is 12.0 Å². The number of carbonyl (C=O) groups is 1. The van der Waals surface area contributed by atoms with Gasteiger partial charge >= 0.3 is 6.03 Å². The minimum absolute atomic E-state index is 0.265. The van der Waals surface area contributed by atoms with Crippen LogP contribution < -0.4 is 16.0 Å². The van der Waals surface area contributed by atoms with Gasteiger partial charge in [0.1, 0.15) is 5.82 Å². The topological polar surface area (TPSA) is 58.4 Å².